The van der Waals surface area contributed by atoms with Crippen molar-refractivity contribution >= 4 is 28.6 Å². The summed E-state index contributed by atoms with van der Waals surface area (Å²) in [6.45, 7) is 1.40. The number of benzene rings is 2. The van der Waals surface area contributed by atoms with Gasteiger partial charge < -0.3 is 23.4 Å². The van der Waals surface area contributed by atoms with E-state index in [0.717, 1.165) is 0 Å². The molecule has 1 aliphatic heterocycles. The number of nitrogens with zero attached hydrogens (tertiary/aromatic N) is 4. The predicted octanol–water partition coefficient (Wildman–Crippen LogP) is 4.79. The van der Waals surface area contributed by atoms with Gasteiger partial charge in [-0.05, 0) is 54.6 Å². The van der Waals surface area contributed by atoms with Gasteiger partial charge in [-0.15, -0.1) is 0 Å². The Balaban J connectivity index is 1.13. The van der Waals surface area contributed by atoms with Crippen LogP contribution in [0, 0.1) is 5.82 Å². The highest BCUT2D eigenvalue weighted by molar-refractivity contribution is 5.95. The van der Waals surface area contributed by atoms with Crippen molar-refractivity contribution in [2.45, 2.75) is 0 Å². The second-order valence-corrected chi connectivity index (χ2v) is 8.97. The lowest BCUT2D eigenvalue weighted by atomic mass is 10.1. The fourth-order valence-electron chi connectivity index (χ4n) is 4.56. The molecule has 0 unspecified atom stereocenters. The largest absolute Gasteiger partial charge is 0.463 e. The minimum absolute atomic E-state index is 0.241. The molecule has 5 aromatic rings. The summed E-state index contributed by atoms with van der Waals surface area (Å²) in [5.41, 5.74) is 2.75. The van der Waals surface area contributed by atoms with Crippen molar-refractivity contribution < 1.29 is 27.6 Å². The Bertz CT molecular complexity index is 1630. The van der Waals surface area contributed by atoms with Gasteiger partial charge in [0, 0.05) is 26.2 Å². The zero-order valence-corrected chi connectivity index (χ0v) is 20.7. The van der Waals surface area contributed by atoms with Gasteiger partial charge in [0.25, 0.3) is 5.91 Å². The molecular weight excluding hydrogens is 503 g/mol. The molecule has 39 heavy (non-hydrogen) atoms. The molecule has 4 heterocycles. The Hall–Kier alpha value is -4.99. The number of anilines is 1. The van der Waals surface area contributed by atoms with Crippen LogP contribution in [-0.2, 0) is 9.53 Å². The first-order valence-corrected chi connectivity index (χ1v) is 12.4. The molecule has 0 N–H and O–H groups in total. The van der Waals surface area contributed by atoms with Gasteiger partial charge >= 0.3 is 5.97 Å². The highest BCUT2D eigenvalue weighted by Gasteiger charge is 2.24. The van der Waals surface area contributed by atoms with Crippen molar-refractivity contribution in [2.24, 2.45) is 0 Å². The van der Waals surface area contributed by atoms with E-state index in [1.807, 2.05) is 4.90 Å². The standard InChI is InChI=1S/C29H23FN4O5/c30-20-5-1-2-6-23(20)33-11-13-34(14-12-33)26(35)18-39-29(36)19-9-10-21-22(17-19)32-28(25-8-4-16-38-25)27(31-21)24-7-3-15-37-24/h1-10,15-17H,11-14,18H2. The Morgan fingerprint density at radius 2 is 1.49 bits per heavy atom. The third-order valence-electron chi connectivity index (χ3n) is 6.56. The van der Waals surface area contributed by atoms with Crippen LogP contribution < -0.4 is 4.90 Å². The maximum atomic E-state index is 14.1. The van der Waals surface area contributed by atoms with Crippen LogP contribution in [0.1, 0.15) is 10.4 Å². The molecule has 1 fully saturated rings. The van der Waals surface area contributed by atoms with Crippen LogP contribution in [0.25, 0.3) is 33.9 Å². The summed E-state index contributed by atoms with van der Waals surface area (Å²) in [5.74, 6) is -0.205. The van der Waals surface area contributed by atoms with E-state index in [2.05, 4.69) is 4.98 Å². The van der Waals surface area contributed by atoms with Gasteiger partial charge in [-0.1, -0.05) is 12.1 Å². The Kier molecular flexibility index (Phi) is 6.50. The van der Waals surface area contributed by atoms with Gasteiger partial charge in [0.1, 0.15) is 17.2 Å². The lowest BCUT2D eigenvalue weighted by Gasteiger charge is -2.36. The van der Waals surface area contributed by atoms with Gasteiger partial charge in [-0.3, -0.25) is 4.79 Å². The molecule has 0 atom stereocenters. The normalized spacial score (nSPS) is 13.6. The molecule has 0 spiro atoms. The van der Waals surface area contributed by atoms with Gasteiger partial charge in [-0.25, -0.2) is 19.2 Å². The second-order valence-electron chi connectivity index (χ2n) is 8.97. The quantitative estimate of drug-likeness (QED) is 0.291. The van der Waals surface area contributed by atoms with Crippen LogP contribution >= 0.6 is 0 Å². The van der Waals surface area contributed by atoms with Crippen molar-refractivity contribution in [1.29, 1.82) is 0 Å². The van der Waals surface area contributed by atoms with E-state index in [-0.39, 0.29) is 17.3 Å². The number of para-hydroxylation sites is 1. The highest BCUT2D eigenvalue weighted by Crippen LogP contribution is 2.31. The lowest BCUT2D eigenvalue weighted by Crippen LogP contribution is -2.50. The number of piperazine rings is 1. The smallest absolute Gasteiger partial charge is 0.338 e. The van der Waals surface area contributed by atoms with Crippen molar-refractivity contribution in [3.05, 3.63) is 90.6 Å². The molecule has 1 saturated heterocycles. The van der Waals surface area contributed by atoms with Gasteiger partial charge in [-0.2, -0.15) is 0 Å². The monoisotopic (exact) mass is 526 g/mol. The van der Waals surface area contributed by atoms with E-state index in [1.165, 1.54) is 12.3 Å². The van der Waals surface area contributed by atoms with Crippen molar-refractivity contribution in [3.8, 4) is 22.9 Å². The second kappa shape index (κ2) is 10.4. The van der Waals surface area contributed by atoms with E-state index < -0.39 is 12.6 Å². The number of hydrogen-bond donors (Lipinski definition) is 0. The summed E-state index contributed by atoms with van der Waals surface area (Å²) in [6.07, 6.45) is 3.09. The van der Waals surface area contributed by atoms with Crippen LogP contribution in [-0.4, -0.2) is 59.5 Å². The van der Waals surface area contributed by atoms with Crippen LogP contribution in [0.15, 0.2) is 88.1 Å². The van der Waals surface area contributed by atoms with Gasteiger partial charge in [0.15, 0.2) is 18.1 Å². The fourth-order valence-corrected chi connectivity index (χ4v) is 4.56. The molecule has 6 rings (SSSR count). The van der Waals surface area contributed by atoms with E-state index in [1.54, 1.807) is 71.8 Å². The third-order valence-corrected chi connectivity index (χ3v) is 6.56. The van der Waals surface area contributed by atoms with E-state index in [4.69, 9.17) is 18.6 Å². The van der Waals surface area contributed by atoms with E-state index in [0.29, 0.717) is 65.8 Å². The minimum Gasteiger partial charge on any atom is -0.463 e. The molecule has 1 aliphatic rings. The molecule has 0 aliphatic carbocycles. The number of rotatable bonds is 6. The Labute approximate surface area is 222 Å². The number of esters is 1. The summed E-state index contributed by atoms with van der Waals surface area (Å²) in [4.78, 5) is 38.4. The van der Waals surface area contributed by atoms with Gasteiger partial charge in [0.2, 0.25) is 0 Å². The van der Waals surface area contributed by atoms with E-state index in [9.17, 15) is 14.0 Å². The minimum atomic E-state index is -0.647. The van der Waals surface area contributed by atoms with Crippen LogP contribution in [0.2, 0.25) is 0 Å². The summed E-state index contributed by atoms with van der Waals surface area (Å²) in [5, 5.41) is 0. The number of carbonyl (C=O) groups excluding carboxylic acids is 2. The summed E-state index contributed by atoms with van der Waals surface area (Å²) in [7, 11) is 0. The average Bonchev–Trinajstić information content (AvgIpc) is 3.70. The molecule has 0 radical (unpaired) electrons. The number of hydrogen-bond acceptors (Lipinski definition) is 8. The van der Waals surface area contributed by atoms with Crippen molar-refractivity contribution in [1.82, 2.24) is 14.9 Å². The maximum Gasteiger partial charge on any atom is 0.338 e. The zero-order chi connectivity index (χ0) is 26.8. The van der Waals surface area contributed by atoms with Gasteiger partial charge in [0.05, 0.1) is 34.8 Å². The fraction of sp³-hybridized carbons (Fsp3) is 0.172. The molecule has 10 heteroatoms. The SMILES string of the molecule is O=C(OCC(=O)N1CCN(c2ccccc2F)CC1)c1ccc2nc(-c3ccco3)c(-c3ccco3)nc2c1. The molecule has 3 aromatic heterocycles. The number of aromatic nitrogens is 2. The Morgan fingerprint density at radius 3 is 2.13 bits per heavy atom. The lowest BCUT2D eigenvalue weighted by molar-refractivity contribution is -0.134. The number of ether oxygens (including phenoxy) is 1. The number of halogens is 1. The van der Waals surface area contributed by atoms with Crippen molar-refractivity contribution in [2.75, 3.05) is 37.7 Å². The first-order chi connectivity index (χ1) is 19.1. The molecule has 2 aromatic carbocycles. The number of amides is 1. The molecular formula is C29H23FN4O5. The predicted molar refractivity (Wildman–Crippen MR) is 140 cm³/mol. The van der Waals surface area contributed by atoms with Crippen molar-refractivity contribution in [3.63, 3.8) is 0 Å². The average molecular weight is 527 g/mol. The molecule has 9 nitrogen and oxygen atoms in total. The first kappa shape index (κ1) is 24.4. The molecule has 0 bridgehead atoms. The first-order valence-electron chi connectivity index (χ1n) is 12.4. The van der Waals surface area contributed by atoms with Crippen LogP contribution in [0.3, 0.4) is 0 Å². The number of fused-ring (bicyclic) bond motifs is 1. The molecule has 0 saturated carbocycles. The zero-order valence-electron chi connectivity index (χ0n) is 20.7. The maximum absolute atomic E-state index is 14.1. The van der Waals surface area contributed by atoms with Crippen LogP contribution in [0.5, 0.6) is 0 Å². The Morgan fingerprint density at radius 1 is 0.821 bits per heavy atom. The summed E-state index contributed by atoms with van der Waals surface area (Å²) >= 11 is 0. The van der Waals surface area contributed by atoms with E-state index >= 15 is 0 Å². The molecule has 1 amide bonds. The number of carbonyl (C=O) groups is 2. The summed E-state index contributed by atoms with van der Waals surface area (Å²) in [6, 6.07) is 18.4. The highest BCUT2D eigenvalue weighted by atomic mass is 19.1. The van der Waals surface area contributed by atoms with Crippen LogP contribution in [0.4, 0.5) is 10.1 Å². The summed E-state index contributed by atoms with van der Waals surface area (Å²) < 4.78 is 30.5. The number of furan rings is 2. The third kappa shape index (κ3) is 4.96. The molecule has 196 valence electrons. The topological polar surface area (TPSA) is 102 Å².